The Bertz CT molecular complexity index is 777. The van der Waals surface area contributed by atoms with Gasteiger partial charge in [-0.2, -0.15) is 0 Å². The molecule has 0 aromatic carbocycles. The normalized spacial score (nSPS) is 20.4. The number of piperazine rings is 1. The van der Waals surface area contributed by atoms with Crippen LogP contribution in [0, 0.1) is 13.8 Å². The second kappa shape index (κ2) is 6.84. The number of aryl methyl sites for hydroxylation is 2. The molecule has 1 aliphatic heterocycles. The maximum absolute atomic E-state index is 13.3. The third-order valence-corrected chi connectivity index (χ3v) is 5.29. The zero-order valence-electron chi connectivity index (χ0n) is 15.0. The van der Waals surface area contributed by atoms with E-state index >= 15 is 0 Å². The van der Waals surface area contributed by atoms with Crippen molar-refractivity contribution in [2.75, 3.05) is 19.6 Å². The predicted molar refractivity (Wildman–Crippen MR) is 99.3 cm³/mol. The molecule has 0 bridgehead atoms. The fourth-order valence-electron chi connectivity index (χ4n) is 3.92. The first kappa shape index (κ1) is 18.0. The molecule has 25 heavy (non-hydrogen) atoms. The fraction of sp³-hybridized carbons (Fsp3) is 0.556. The minimum Gasteiger partial charge on any atom is -0.345 e. The molecule has 1 unspecified atom stereocenters. The number of rotatable bonds is 3. The average molecular weight is 364 g/mol. The quantitative estimate of drug-likeness (QED) is 0.910. The molecule has 1 N–H and O–H groups in total. The van der Waals surface area contributed by atoms with Gasteiger partial charge in [0.05, 0.1) is 5.56 Å². The Kier molecular flexibility index (Phi) is 4.93. The van der Waals surface area contributed by atoms with Crippen molar-refractivity contribution in [2.24, 2.45) is 7.05 Å². The molecule has 4 rings (SSSR count). The molecule has 2 aromatic rings. The second-order valence-electron chi connectivity index (χ2n) is 7.00. The van der Waals surface area contributed by atoms with Gasteiger partial charge in [-0.15, -0.1) is 12.4 Å². The van der Waals surface area contributed by atoms with Gasteiger partial charge in [0, 0.05) is 56.5 Å². The second-order valence-corrected chi connectivity index (χ2v) is 7.00. The molecule has 1 atom stereocenters. The molecular formula is C18H26ClN5O. The summed E-state index contributed by atoms with van der Waals surface area (Å²) in [7, 11) is 1.98. The Labute approximate surface area is 154 Å². The number of nitrogens with zero attached hydrogens (tertiary/aromatic N) is 4. The van der Waals surface area contributed by atoms with Crippen molar-refractivity contribution in [2.45, 2.75) is 38.8 Å². The van der Waals surface area contributed by atoms with Gasteiger partial charge in [-0.05, 0) is 32.8 Å². The minimum atomic E-state index is -0.0183. The van der Waals surface area contributed by atoms with E-state index in [0.717, 1.165) is 30.2 Å². The molecule has 1 amide bonds. The van der Waals surface area contributed by atoms with E-state index < -0.39 is 0 Å². The van der Waals surface area contributed by atoms with Gasteiger partial charge < -0.3 is 19.4 Å². The number of aromatic nitrogens is 3. The summed E-state index contributed by atoms with van der Waals surface area (Å²) in [6.45, 7) is 6.47. The fourth-order valence-corrected chi connectivity index (χ4v) is 3.92. The summed E-state index contributed by atoms with van der Waals surface area (Å²) in [5.41, 5.74) is 3.15. The first-order valence-electron chi connectivity index (χ1n) is 8.75. The maximum Gasteiger partial charge on any atom is 0.256 e. The molecule has 0 spiro atoms. The van der Waals surface area contributed by atoms with E-state index in [0.29, 0.717) is 12.6 Å². The van der Waals surface area contributed by atoms with Crippen LogP contribution < -0.4 is 5.32 Å². The predicted octanol–water partition coefficient (Wildman–Crippen LogP) is 2.38. The van der Waals surface area contributed by atoms with Crippen LogP contribution in [-0.4, -0.2) is 44.6 Å². The highest BCUT2D eigenvalue weighted by Crippen LogP contribution is 2.38. The number of halogens is 1. The van der Waals surface area contributed by atoms with E-state index in [9.17, 15) is 4.79 Å². The Morgan fingerprint density at radius 2 is 2.08 bits per heavy atom. The van der Waals surface area contributed by atoms with Crippen LogP contribution in [0.4, 0.5) is 0 Å². The van der Waals surface area contributed by atoms with Crippen molar-refractivity contribution in [3.05, 3.63) is 41.2 Å². The summed E-state index contributed by atoms with van der Waals surface area (Å²) in [5.74, 6) is 1.07. The van der Waals surface area contributed by atoms with Gasteiger partial charge in [-0.25, -0.2) is 4.98 Å². The molecule has 3 heterocycles. The third-order valence-electron chi connectivity index (χ3n) is 5.29. The van der Waals surface area contributed by atoms with Crippen molar-refractivity contribution in [1.29, 1.82) is 0 Å². The molecule has 2 aliphatic rings. The topological polar surface area (TPSA) is 55.1 Å². The third kappa shape index (κ3) is 3.09. The molecule has 7 heteroatoms. The van der Waals surface area contributed by atoms with Crippen LogP contribution in [0.15, 0.2) is 18.5 Å². The van der Waals surface area contributed by atoms with E-state index in [1.54, 1.807) is 6.20 Å². The lowest BCUT2D eigenvalue weighted by molar-refractivity contribution is 0.0620. The lowest BCUT2D eigenvalue weighted by Crippen LogP contribution is -2.49. The molecule has 6 nitrogen and oxygen atoms in total. The van der Waals surface area contributed by atoms with Gasteiger partial charge in [0.15, 0.2) is 0 Å². The van der Waals surface area contributed by atoms with E-state index in [4.69, 9.17) is 0 Å². The maximum atomic E-state index is 13.3. The molecule has 1 saturated carbocycles. The first-order valence-corrected chi connectivity index (χ1v) is 8.75. The summed E-state index contributed by atoms with van der Waals surface area (Å²) in [4.78, 5) is 19.8. The number of imidazole rings is 1. The highest BCUT2D eigenvalue weighted by molar-refractivity contribution is 5.96. The number of amides is 1. The van der Waals surface area contributed by atoms with Crippen molar-refractivity contribution < 1.29 is 4.79 Å². The molecule has 2 fully saturated rings. The van der Waals surface area contributed by atoms with Crippen LogP contribution in [0.1, 0.15) is 52.5 Å². The van der Waals surface area contributed by atoms with E-state index in [2.05, 4.69) is 34.8 Å². The minimum absolute atomic E-state index is 0. The van der Waals surface area contributed by atoms with Gasteiger partial charge in [0.1, 0.15) is 11.9 Å². The smallest absolute Gasteiger partial charge is 0.256 e. The van der Waals surface area contributed by atoms with Crippen molar-refractivity contribution >= 4 is 18.3 Å². The largest absolute Gasteiger partial charge is 0.345 e. The first-order chi connectivity index (χ1) is 11.6. The van der Waals surface area contributed by atoms with E-state index in [-0.39, 0.29) is 24.4 Å². The highest BCUT2D eigenvalue weighted by atomic mass is 35.5. The van der Waals surface area contributed by atoms with Crippen LogP contribution >= 0.6 is 12.4 Å². The van der Waals surface area contributed by atoms with Crippen molar-refractivity contribution in [3.8, 4) is 0 Å². The zero-order chi connectivity index (χ0) is 16.8. The summed E-state index contributed by atoms with van der Waals surface area (Å²) >= 11 is 0. The molecule has 136 valence electrons. The van der Waals surface area contributed by atoms with Crippen LogP contribution in [0.5, 0.6) is 0 Å². The molecule has 2 aromatic heterocycles. The van der Waals surface area contributed by atoms with Gasteiger partial charge in [-0.3, -0.25) is 4.79 Å². The number of carbonyl (C=O) groups excluding carboxylic acids is 1. The molecular weight excluding hydrogens is 338 g/mol. The Morgan fingerprint density at radius 1 is 1.32 bits per heavy atom. The van der Waals surface area contributed by atoms with Crippen LogP contribution in [-0.2, 0) is 7.05 Å². The van der Waals surface area contributed by atoms with Gasteiger partial charge >= 0.3 is 0 Å². The average Bonchev–Trinajstić information content (AvgIpc) is 3.24. The van der Waals surface area contributed by atoms with Gasteiger partial charge in [0.25, 0.3) is 5.91 Å². The van der Waals surface area contributed by atoms with Gasteiger partial charge in [0.2, 0.25) is 0 Å². The zero-order valence-corrected chi connectivity index (χ0v) is 15.8. The monoisotopic (exact) mass is 363 g/mol. The molecule has 1 aliphatic carbocycles. The summed E-state index contributed by atoms with van der Waals surface area (Å²) in [6, 6.07) is 2.64. The van der Waals surface area contributed by atoms with Crippen LogP contribution in [0.2, 0.25) is 0 Å². The SMILES string of the molecule is Cc1cc(C(=O)N2CCNCC2c2nccn2C)c(C)n1C1CC1.Cl. The Balaban J connectivity index is 0.00000182. The number of nitrogens with one attached hydrogen (secondary N) is 1. The van der Waals surface area contributed by atoms with Crippen LogP contribution in [0.3, 0.4) is 0 Å². The molecule has 0 radical (unpaired) electrons. The van der Waals surface area contributed by atoms with Gasteiger partial charge in [-0.1, -0.05) is 0 Å². The Morgan fingerprint density at radius 3 is 2.72 bits per heavy atom. The van der Waals surface area contributed by atoms with E-state index in [1.165, 1.54) is 18.5 Å². The molecule has 1 saturated heterocycles. The number of hydrogen-bond acceptors (Lipinski definition) is 3. The van der Waals surface area contributed by atoms with Crippen molar-refractivity contribution in [1.82, 2.24) is 24.3 Å². The summed E-state index contributed by atoms with van der Waals surface area (Å²) in [5, 5.41) is 3.39. The Hall–Kier alpha value is -1.79. The highest BCUT2D eigenvalue weighted by Gasteiger charge is 2.34. The standard InChI is InChI=1S/C18H25N5O.ClH/c1-12-10-15(13(2)23(12)14-4-5-14)18(24)22-9-6-19-11-16(22)17-20-7-8-21(17)3;/h7-8,10,14,16,19H,4-6,9,11H2,1-3H3;1H. The van der Waals surface area contributed by atoms with E-state index in [1.807, 2.05) is 22.7 Å². The van der Waals surface area contributed by atoms with Crippen molar-refractivity contribution in [3.63, 3.8) is 0 Å². The lowest BCUT2D eigenvalue weighted by atomic mass is 10.1. The lowest BCUT2D eigenvalue weighted by Gasteiger charge is -2.35. The summed E-state index contributed by atoms with van der Waals surface area (Å²) in [6.07, 6.45) is 6.19. The number of hydrogen-bond donors (Lipinski definition) is 1. The van der Waals surface area contributed by atoms with Crippen LogP contribution in [0.25, 0.3) is 0 Å². The number of carbonyl (C=O) groups is 1. The summed E-state index contributed by atoms with van der Waals surface area (Å²) < 4.78 is 4.34.